The molecule has 2 N–H and O–H groups in total. The molecule has 0 radical (unpaired) electrons. The molecule has 0 spiro atoms. The Morgan fingerprint density at radius 2 is 1.70 bits per heavy atom. The lowest BCUT2D eigenvalue weighted by molar-refractivity contribution is 0.346. The number of rotatable bonds is 4. The third kappa shape index (κ3) is 3.06. The Bertz CT molecular complexity index is 876. The minimum Gasteiger partial charge on any atom is -0.322 e. The number of pyridine rings is 1. The van der Waals surface area contributed by atoms with Crippen molar-refractivity contribution in [2.45, 2.75) is 12.8 Å². The molecule has 1 aliphatic heterocycles. The van der Waals surface area contributed by atoms with Crippen LogP contribution < -0.4 is 10.9 Å². The fourth-order valence-corrected chi connectivity index (χ4v) is 3.16. The molecule has 3 heteroatoms. The highest BCUT2D eigenvalue weighted by Crippen LogP contribution is 2.16. The van der Waals surface area contributed by atoms with Gasteiger partial charge in [-0.1, -0.05) is 42.5 Å². The first kappa shape index (κ1) is 14.2. The Labute approximate surface area is 135 Å². The fraction of sp³-hybridized carbons (Fsp3) is 0.250. The maximum atomic E-state index is 12.2. The molecular weight excluding hydrogens is 284 g/mol. The van der Waals surface area contributed by atoms with E-state index in [2.05, 4.69) is 34.6 Å². The number of aromatic amines is 1. The highest BCUT2D eigenvalue weighted by atomic mass is 16.1. The molecule has 3 nitrogen and oxygen atoms in total. The number of H-pyrrole nitrogens is 1. The van der Waals surface area contributed by atoms with Gasteiger partial charge >= 0.3 is 0 Å². The van der Waals surface area contributed by atoms with Crippen molar-refractivity contribution in [2.24, 2.45) is 5.92 Å². The first-order valence-corrected chi connectivity index (χ1v) is 8.17. The molecule has 0 amide bonds. The number of nitrogens with one attached hydrogen (secondary N) is 2. The van der Waals surface area contributed by atoms with Crippen LogP contribution in [0, 0.1) is 5.92 Å². The summed E-state index contributed by atoms with van der Waals surface area (Å²) in [5, 5.41) is 4.39. The van der Waals surface area contributed by atoms with E-state index < -0.39 is 0 Å². The molecule has 0 unspecified atom stereocenters. The van der Waals surface area contributed by atoms with Gasteiger partial charge in [-0.25, -0.2) is 0 Å². The molecule has 0 saturated carbocycles. The van der Waals surface area contributed by atoms with E-state index in [-0.39, 0.29) is 5.56 Å². The Morgan fingerprint density at radius 3 is 2.43 bits per heavy atom. The van der Waals surface area contributed by atoms with Crippen LogP contribution >= 0.6 is 0 Å². The van der Waals surface area contributed by atoms with E-state index in [1.807, 2.05) is 30.3 Å². The zero-order valence-electron chi connectivity index (χ0n) is 13.0. The van der Waals surface area contributed by atoms with Crippen molar-refractivity contribution < 1.29 is 0 Å². The van der Waals surface area contributed by atoms with E-state index in [4.69, 9.17) is 0 Å². The number of hydrogen-bond acceptors (Lipinski definition) is 2. The molecule has 2 aromatic carbocycles. The van der Waals surface area contributed by atoms with Crippen molar-refractivity contribution in [3.63, 3.8) is 0 Å². The normalized spacial score (nSPS) is 14.8. The first-order chi connectivity index (χ1) is 11.3. The van der Waals surface area contributed by atoms with Crippen LogP contribution in [0.5, 0.6) is 0 Å². The monoisotopic (exact) mass is 304 g/mol. The highest BCUT2D eigenvalue weighted by Gasteiger charge is 2.16. The summed E-state index contributed by atoms with van der Waals surface area (Å²) >= 11 is 0. The van der Waals surface area contributed by atoms with Crippen molar-refractivity contribution in [1.82, 2.24) is 10.3 Å². The van der Waals surface area contributed by atoms with Gasteiger partial charge < -0.3 is 10.3 Å². The minimum atomic E-state index is 0.00770. The largest absolute Gasteiger partial charge is 0.322 e. The number of hydrogen-bond donors (Lipinski definition) is 2. The number of aromatic nitrogens is 1. The van der Waals surface area contributed by atoms with Crippen molar-refractivity contribution in [3.05, 3.63) is 81.6 Å². The minimum absolute atomic E-state index is 0.00770. The number of fused-ring (bicyclic) bond motifs is 1. The average Bonchev–Trinajstić information content (AvgIpc) is 2.53. The SMILES string of the molecule is O=c1[nH]c2ccccc2cc1Cc1ccc(CC2CNC2)cc1. The van der Waals surface area contributed by atoms with Gasteiger partial charge in [-0.05, 0) is 54.1 Å². The van der Waals surface area contributed by atoms with Crippen LogP contribution in [0.15, 0.2) is 59.4 Å². The topological polar surface area (TPSA) is 44.9 Å². The summed E-state index contributed by atoms with van der Waals surface area (Å²) in [6.45, 7) is 2.27. The van der Waals surface area contributed by atoms with Crippen LogP contribution in [-0.4, -0.2) is 18.1 Å². The van der Waals surface area contributed by atoms with Crippen molar-refractivity contribution in [3.8, 4) is 0 Å². The molecule has 4 rings (SSSR count). The molecule has 2 heterocycles. The molecule has 3 aromatic rings. The molecule has 1 aromatic heterocycles. The zero-order valence-corrected chi connectivity index (χ0v) is 13.0. The predicted molar refractivity (Wildman–Crippen MR) is 93.9 cm³/mol. The van der Waals surface area contributed by atoms with Crippen LogP contribution in [0.1, 0.15) is 16.7 Å². The molecule has 1 aliphatic rings. The quantitative estimate of drug-likeness (QED) is 0.778. The van der Waals surface area contributed by atoms with Crippen LogP contribution in [-0.2, 0) is 12.8 Å². The summed E-state index contributed by atoms with van der Waals surface area (Å²) in [6, 6.07) is 18.6. The van der Waals surface area contributed by atoms with E-state index in [0.717, 1.165) is 41.9 Å². The number of benzene rings is 2. The van der Waals surface area contributed by atoms with Gasteiger partial charge in [0.05, 0.1) is 0 Å². The second-order valence-corrected chi connectivity index (χ2v) is 6.43. The molecule has 1 fully saturated rings. The van der Waals surface area contributed by atoms with E-state index in [9.17, 15) is 4.79 Å². The van der Waals surface area contributed by atoms with Crippen LogP contribution in [0.4, 0.5) is 0 Å². The fourth-order valence-electron chi connectivity index (χ4n) is 3.16. The van der Waals surface area contributed by atoms with Crippen LogP contribution in [0.3, 0.4) is 0 Å². The average molecular weight is 304 g/mol. The van der Waals surface area contributed by atoms with E-state index in [1.165, 1.54) is 11.1 Å². The molecule has 0 aliphatic carbocycles. The summed E-state index contributed by atoms with van der Waals surface area (Å²) in [4.78, 5) is 15.2. The van der Waals surface area contributed by atoms with Gasteiger partial charge in [0.1, 0.15) is 0 Å². The first-order valence-electron chi connectivity index (χ1n) is 8.17. The third-order valence-electron chi connectivity index (χ3n) is 4.64. The Morgan fingerprint density at radius 1 is 0.957 bits per heavy atom. The smallest absolute Gasteiger partial charge is 0.251 e. The number of para-hydroxylation sites is 1. The summed E-state index contributed by atoms with van der Waals surface area (Å²) in [7, 11) is 0. The zero-order chi connectivity index (χ0) is 15.6. The lowest BCUT2D eigenvalue weighted by atomic mass is 9.93. The standard InChI is InChI=1S/C20H20N2O/c23-20-18(11-17-3-1-2-4-19(17)22-20)10-15-7-5-14(6-8-15)9-16-12-21-13-16/h1-8,11,16,21H,9-10,12-13H2,(H,22,23). The van der Waals surface area contributed by atoms with Crippen molar-refractivity contribution >= 4 is 10.9 Å². The van der Waals surface area contributed by atoms with Gasteiger partial charge in [0.2, 0.25) is 0 Å². The van der Waals surface area contributed by atoms with Crippen molar-refractivity contribution in [2.75, 3.05) is 13.1 Å². The Kier molecular flexibility index (Phi) is 3.72. The molecule has 1 saturated heterocycles. The van der Waals surface area contributed by atoms with Gasteiger partial charge in [0, 0.05) is 17.5 Å². The van der Waals surface area contributed by atoms with Crippen LogP contribution in [0.25, 0.3) is 10.9 Å². The molecule has 0 bridgehead atoms. The van der Waals surface area contributed by atoms with Gasteiger partial charge in [0.25, 0.3) is 5.56 Å². The van der Waals surface area contributed by atoms with Crippen LogP contribution in [0.2, 0.25) is 0 Å². The summed E-state index contributed by atoms with van der Waals surface area (Å²) in [5.41, 5.74) is 4.28. The Hall–Kier alpha value is -2.39. The third-order valence-corrected chi connectivity index (χ3v) is 4.64. The van der Waals surface area contributed by atoms with Gasteiger partial charge in [-0.2, -0.15) is 0 Å². The van der Waals surface area contributed by atoms with E-state index in [0.29, 0.717) is 6.42 Å². The second kappa shape index (κ2) is 6.01. The second-order valence-electron chi connectivity index (χ2n) is 6.43. The van der Waals surface area contributed by atoms with Gasteiger partial charge in [-0.3, -0.25) is 4.79 Å². The summed E-state index contributed by atoms with van der Waals surface area (Å²) in [6.07, 6.45) is 1.81. The molecule has 23 heavy (non-hydrogen) atoms. The van der Waals surface area contributed by atoms with E-state index >= 15 is 0 Å². The molecule has 0 atom stereocenters. The van der Waals surface area contributed by atoms with Gasteiger partial charge in [0.15, 0.2) is 0 Å². The maximum absolute atomic E-state index is 12.2. The van der Waals surface area contributed by atoms with Crippen molar-refractivity contribution in [1.29, 1.82) is 0 Å². The molecular formula is C20H20N2O. The van der Waals surface area contributed by atoms with Gasteiger partial charge in [-0.15, -0.1) is 0 Å². The lowest BCUT2D eigenvalue weighted by Crippen LogP contribution is -2.43. The summed E-state index contributed by atoms with van der Waals surface area (Å²) in [5.74, 6) is 0.782. The molecule has 116 valence electrons. The highest BCUT2D eigenvalue weighted by molar-refractivity contribution is 5.78. The predicted octanol–water partition coefficient (Wildman–Crippen LogP) is 2.88. The lowest BCUT2D eigenvalue weighted by Gasteiger charge is -2.27. The Balaban J connectivity index is 1.55. The summed E-state index contributed by atoms with van der Waals surface area (Å²) < 4.78 is 0. The van der Waals surface area contributed by atoms with E-state index in [1.54, 1.807) is 0 Å². The maximum Gasteiger partial charge on any atom is 0.251 e.